The molecule has 0 aliphatic rings. The van der Waals surface area contributed by atoms with Crippen LogP contribution in [0.25, 0.3) is 0 Å². The summed E-state index contributed by atoms with van der Waals surface area (Å²) >= 11 is 0. The van der Waals surface area contributed by atoms with Crippen molar-refractivity contribution >= 4 is 43.7 Å². The molecule has 0 fully saturated rings. The van der Waals surface area contributed by atoms with E-state index < -0.39 is 12.0 Å². The summed E-state index contributed by atoms with van der Waals surface area (Å²) < 4.78 is 0. The minimum absolute atomic E-state index is 0. The van der Waals surface area contributed by atoms with Crippen LogP contribution in [0, 0.1) is 5.92 Å². The molecule has 0 bridgehead atoms. The van der Waals surface area contributed by atoms with Gasteiger partial charge in [0.15, 0.2) is 0 Å². The summed E-state index contributed by atoms with van der Waals surface area (Å²) in [5.41, 5.74) is 5.22. The average molecular weight is 173 g/mol. The molecule has 1 atom stereocenters. The summed E-state index contributed by atoms with van der Waals surface area (Å²) in [6.45, 7) is 3.89. The normalized spacial score (nSPS) is 12.4. The first-order valence-corrected chi connectivity index (χ1v) is 3.02. The van der Waals surface area contributed by atoms with Crippen LogP contribution >= 0.6 is 0 Å². The molecule has 0 aliphatic carbocycles. The molecular weight excluding hydrogens is 158 g/mol. The second kappa shape index (κ2) is 6.40. The van der Waals surface area contributed by atoms with E-state index in [1.807, 2.05) is 13.8 Å². The zero-order valence-corrected chi connectivity index (χ0v) is 5.79. The molecule has 0 spiro atoms. The van der Waals surface area contributed by atoms with E-state index in [2.05, 4.69) is 0 Å². The van der Waals surface area contributed by atoms with Gasteiger partial charge in [-0.2, -0.15) is 0 Å². The van der Waals surface area contributed by atoms with E-state index in [1.54, 1.807) is 0 Å². The van der Waals surface area contributed by atoms with Gasteiger partial charge < -0.3 is 10.8 Å². The monoisotopic (exact) mass is 173 g/mol. The molecule has 0 aromatic carbocycles. The molecule has 0 heterocycles. The topological polar surface area (TPSA) is 63.3 Å². The van der Waals surface area contributed by atoms with Crippen LogP contribution in [0.5, 0.6) is 0 Å². The van der Waals surface area contributed by atoms with Crippen molar-refractivity contribution < 1.29 is 9.90 Å². The zero-order chi connectivity index (χ0) is 7.44. The predicted molar refractivity (Wildman–Crippen MR) is 43.6 cm³/mol. The summed E-state index contributed by atoms with van der Waals surface area (Å²) in [5, 5.41) is 8.31. The maximum atomic E-state index is 10.1. The van der Waals surface area contributed by atoms with Crippen LogP contribution in [0.15, 0.2) is 0 Å². The van der Waals surface area contributed by atoms with E-state index in [0.717, 1.165) is 0 Å². The van der Waals surface area contributed by atoms with Crippen LogP contribution in [-0.2, 0) is 4.79 Å². The van der Waals surface area contributed by atoms with Crippen molar-refractivity contribution in [2.45, 2.75) is 26.3 Å². The molecule has 4 heteroatoms. The van der Waals surface area contributed by atoms with Crippen LogP contribution in [0.2, 0.25) is 0 Å². The number of rotatable bonds is 3. The van der Waals surface area contributed by atoms with E-state index in [-0.39, 0.29) is 37.7 Å². The van der Waals surface area contributed by atoms with Crippen molar-refractivity contribution in [3.63, 3.8) is 0 Å². The van der Waals surface area contributed by atoms with Gasteiger partial charge in [-0.3, -0.25) is 4.79 Å². The molecule has 10 heavy (non-hydrogen) atoms. The Kier molecular flexibility index (Phi) is 8.51. The van der Waals surface area contributed by atoms with Gasteiger partial charge in [0.2, 0.25) is 0 Å². The van der Waals surface area contributed by atoms with E-state index in [9.17, 15) is 4.79 Å². The molecule has 0 amide bonds. The third-order valence-corrected chi connectivity index (χ3v) is 1.04. The minimum atomic E-state index is -0.913. The van der Waals surface area contributed by atoms with Crippen LogP contribution in [0.1, 0.15) is 20.3 Å². The van der Waals surface area contributed by atoms with Gasteiger partial charge in [0, 0.05) is 0 Å². The Bertz CT molecular complexity index is 106. The Hall–Kier alpha value is 0.690. The van der Waals surface area contributed by atoms with Gasteiger partial charge >= 0.3 is 43.7 Å². The number of carboxylic acid groups (broad SMARTS) is 1. The number of nitrogens with two attached hydrogens (primary N) is 1. The van der Waals surface area contributed by atoms with Gasteiger partial charge in [0.1, 0.15) is 6.04 Å². The Morgan fingerprint density at radius 3 is 2.10 bits per heavy atom. The van der Waals surface area contributed by atoms with Gasteiger partial charge in [-0.15, -0.1) is 0 Å². The van der Waals surface area contributed by atoms with Crippen molar-refractivity contribution in [2.24, 2.45) is 11.7 Å². The number of hydrogen-bond acceptors (Lipinski definition) is 2. The Morgan fingerprint density at radius 1 is 1.60 bits per heavy atom. The van der Waals surface area contributed by atoms with Crippen LogP contribution in [0.4, 0.5) is 0 Å². The molecule has 0 saturated carbocycles. The van der Waals surface area contributed by atoms with Gasteiger partial charge in [-0.25, -0.2) is 0 Å². The van der Waals surface area contributed by atoms with Crippen molar-refractivity contribution in [1.82, 2.24) is 0 Å². The van der Waals surface area contributed by atoms with Crippen molar-refractivity contribution in [3.8, 4) is 0 Å². The van der Waals surface area contributed by atoms with E-state index in [4.69, 9.17) is 10.8 Å². The summed E-state index contributed by atoms with van der Waals surface area (Å²) in [7, 11) is 0. The number of hydrogen-bond donors (Lipinski definition) is 2. The molecule has 58 valence electrons. The van der Waals surface area contributed by atoms with Gasteiger partial charge in [0.05, 0.1) is 0 Å². The second-order valence-electron chi connectivity index (χ2n) is 2.57. The molecule has 0 rings (SSSR count). The maximum absolute atomic E-state index is 10.1. The number of aliphatic carboxylic acids is 1. The first-order chi connectivity index (χ1) is 4.04. The SMILES string of the molecule is CC(C)C[C@H](N)C(=O)O.[CaH2]. The third-order valence-electron chi connectivity index (χ3n) is 1.04. The Balaban J connectivity index is 0. The molecular formula is C6H15CaNO2. The zero-order valence-electron chi connectivity index (χ0n) is 5.79. The number of carboxylic acids is 1. The fraction of sp³-hybridized carbons (Fsp3) is 0.833. The molecule has 0 radical (unpaired) electrons. The summed E-state index contributed by atoms with van der Waals surface area (Å²) in [6, 6.07) is -0.690. The predicted octanol–water partition coefficient (Wildman–Crippen LogP) is -0.472. The first kappa shape index (κ1) is 13.3. The fourth-order valence-corrected chi connectivity index (χ4v) is 0.609. The summed E-state index contributed by atoms with van der Waals surface area (Å²) in [5.74, 6) is -0.556. The molecule has 0 aromatic rings. The van der Waals surface area contributed by atoms with E-state index in [1.165, 1.54) is 0 Å². The molecule has 0 aromatic heterocycles. The van der Waals surface area contributed by atoms with Gasteiger partial charge in [0.25, 0.3) is 0 Å². The molecule has 0 saturated heterocycles. The van der Waals surface area contributed by atoms with Crippen LogP contribution in [-0.4, -0.2) is 54.9 Å². The van der Waals surface area contributed by atoms with Crippen LogP contribution < -0.4 is 5.73 Å². The first-order valence-electron chi connectivity index (χ1n) is 3.02. The fourth-order valence-electron chi connectivity index (χ4n) is 0.609. The van der Waals surface area contributed by atoms with Gasteiger partial charge in [-0.1, -0.05) is 13.8 Å². The number of carbonyl (C=O) groups is 1. The standard InChI is InChI=1S/C6H13NO2.Ca.2H/c1-4(2)3-5(7)6(8)9;;;/h4-5H,3,7H2,1-2H3,(H,8,9);;;/t5-;;;/m0.../s1. The Morgan fingerprint density at radius 2 is 2.00 bits per heavy atom. The summed E-state index contributed by atoms with van der Waals surface area (Å²) in [4.78, 5) is 10.1. The Labute approximate surface area is 91.0 Å². The molecule has 3 nitrogen and oxygen atoms in total. The van der Waals surface area contributed by atoms with E-state index in [0.29, 0.717) is 12.3 Å². The van der Waals surface area contributed by atoms with Crippen LogP contribution in [0.3, 0.4) is 0 Å². The van der Waals surface area contributed by atoms with Gasteiger partial charge in [-0.05, 0) is 12.3 Å². The second-order valence-corrected chi connectivity index (χ2v) is 2.57. The summed E-state index contributed by atoms with van der Waals surface area (Å²) in [6.07, 6.45) is 0.551. The quantitative estimate of drug-likeness (QED) is 0.567. The average Bonchev–Trinajstić information content (AvgIpc) is 1.63. The molecule has 3 N–H and O–H groups in total. The van der Waals surface area contributed by atoms with Crippen molar-refractivity contribution in [3.05, 3.63) is 0 Å². The molecule has 0 aliphatic heterocycles. The van der Waals surface area contributed by atoms with Crippen molar-refractivity contribution in [1.29, 1.82) is 0 Å². The van der Waals surface area contributed by atoms with E-state index >= 15 is 0 Å². The van der Waals surface area contributed by atoms with Crippen molar-refractivity contribution in [2.75, 3.05) is 0 Å². The molecule has 0 unspecified atom stereocenters. The third kappa shape index (κ3) is 6.80.